The lowest BCUT2D eigenvalue weighted by Crippen LogP contribution is -2.38. The van der Waals surface area contributed by atoms with Gasteiger partial charge in [0, 0.05) is 12.6 Å². The van der Waals surface area contributed by atoms with Crippen LogP contribution in [0.3, 0.4) is 0 Å². The average molecular weight is 367 g/mol. The number of anilines is 2. The second-order valence-corrected chi connectivity index (χ2v) is 7.89. The Morgan fingerprint density at radius 1 is 1.04 bits per heavy atom. The molecule has 1 N–H and O–H groups in total. The van der Waals surface area contributed by atoms with Crippen LogP contribution >= 0.6 is 0 Å². The van der Waals surface area contributed by atoms with Crippen molar-refractivity contribution in [1.29, 1.82) is 0 Å². The van der Waals surface area contributed by atoms with Crippen LogP contribution < -0.4 is 10.2 Å². The van der Waals surface area contributed by atoms with E-state index in [-0.39, 0.29) is 23.8 Å². The number of amides is 2. The van der Waals surface area contributed by atoms with E-state index in [2.05, 4.69) is 33.0 Å². The van der Waals surface area contributed by atoms with Gasteiger partial charge in [0.25, 0.3) is 0 Å². The Bertz CT molecular complexity index is 835. The molecule has 0 atom stereocenters. The molecule has 2 aromatic carbocycles. The van der Waals surface area contributed by atoms with E-state index in [0.29, 0.717) is 0 Å². The van der Waals surface area contributed by atoms with Gasteiger partial charge in [-0.1, -0.05) is 64.1 Å². The summed E-state index contributed by atoms with van der Waals surface area (Å²) in [5.41, 5.74) is 4.67. The number of aryl methyl sites for hydroxylation is 2. The van der Waals surface area contributed by atoms with Crippen molar-refractivity contribution in [2.24, 2.45) is 0 Å². The fraction of sp³-hybridized carbons (Fsp3) is 0.391. The van der Waals surface area contributed by atoms with Crippen LogP contribution in [0, 0.1) is 6.92 Å². The van der Waals surface area contributed by atoms with Gasteiger partial charge in [-0.25, -0.2) is 0 Å². The maximum absolute atomic E-state index is 12.8. The molecule has 0 radical (unpaired) electrons. The fourth-order valence-electron chi connectivity index (χ4n) is 3.32. The minimum absolute atomic E-state index is 0.00827. The van der Waals surface area contributed by atoms with Crippen molar-refractivity contribution in [3.8, 4) is 0 Å². The molecule has 0 unspecified atom stereocenters. The third-order valence-electron chi connectivity index (χ3n) is 4.66. The van der Waals surface area contributed by atoms with Gasteiger partial charge in [-0.05, 0) is 41.5 Å². The van der Waals surface area contributed by atoms with Gasteiger partial charge in [0.1, 0.15) is 6.54 Å². The normalized spacial score (nSPS) is 11.2. The summed E-state index contributed by atoms with van der Waals surface area (Å²) in [6.07, 6.45) is 0.801. The highest BCUT2D eigenvalue weighted by Crippen LogP contribution is 2.30. The van der Waals surface area contributed by atoms with Crippen molar-refractivity contribution in [3.05, 3.63) is 59.2 Å². The molecule has 2 amide bonds. The summed E-state index contributed by atoms with van der Waals surface area (Å²) in [6.45, 7) is 11.9. The number of carbonyl (C=O) groups excluding carboxylic acids is 2. The maximum Gasteiger partial charge on any atom is 0.244 e. The molecule has 0 aliphatic heterocycles. The molecule has 0 saturated heterocycles. The van der Waals surface area contributed by atoms with Crippen LogP contribution in [0.25, 0.3) is 0 Å². The lowest BCUT2D eigenvalue weighted by molar-refractivity contribution is -0.120. The van der Waals surface area contributed by atoms with E-state index in [1.54, 1.807) is 4.90 Å². The second-order valence-electron chi connectivity index (χ2n) is 7.89. The molecule has 4 nitrogen and oxygen atoms in total. The van der Waals surface area contributed by atoms with Crippen molar-refractivity contribution in [1.82, 2.24) is 0 Å². The van der Waals surface area contributed by atoms with Gasteiger partial charge < -0.3 is 10.2 Å². The zero-order chi connectivity index (χ0) is 20.2. The highest BCUT2D eigenvalue weighted by Gasteiger charge is 2.22. The third-order valence-corrected chi connectivity index (χ3v) is 4.66. The molecule has 0 aliphatic carbocycles. The molecular weight excluding hydrogens is 336 g/mol. The fourth-order valence-corrected chi connectivity index (χ4v) is 3.32. The third kappa shape index (κ3) is 4.97. The van der Waals surface area contributed by atoms with Crippen molar-refractivity contribution >= 4 is 23.2 Å². The van der Waals surface area contributed by atoms with Crippen molar-refractivity contribution in [3.63, 3.8) is 0 Å². The molecule has 2 rings (SSSR count). The molecule has 27 heavy (non-hydrogen) atoms. The predicted octanol–water partition coefficient (Wildman–Crippen LogP) is 4.85. The zero-order valence-corrected chi connectivity index (χ0v) is 17.2. The smallest absolute Gasteiger partial charge is 0.244 e. The Kier molecular flexibility index (Phi) is 6.42. The first-order valence-electron chi connectivity index (χ1n) is 9.41. The van der Waals surface area contributed by atoms with Crippen molar-refractivity contribution < 1.29 is 9.59 Å². The van der Waals surface area contributed by atoms with E-state index in [4.69, 9.17) is 0 Å². The SMILES string of the molecule is CCc1cccc(C)c1N(CC(=O)Nc1ccccc1C(C)(C)C)C(C)=O. The van der Waals surface area contributed by atoms with Crippen LogP contribution in [0.15, 0.2) is 42.5 Å². The number of nitrogens with zero attached hydrogens (tertiary/aromatic N) is 1. The average Bonchev–Trinajstić information content (AvgIpc) is 2.59. The topological polar surface area (TPSA) is 49.4 Å². The summed E-state index contributed by atoms with van der Waals surface area (Å²) in [5, 5.41) is 3.00. The van der Waals surface area contributed by atoms with Gasteiger partial charge in [0.15, 0.2) is 0 Å². The predicted molar refractivity (Wildman–Crippen MR) is 112 cm³/mol. The van der Waals surface area contributed by atoms with Crippen LogP contribution in [0.2, 0.25) is 0 Å². The molecular formula is C23H30N2O2. The minimum Gasteiger partial charge on any atom is -0.324 e. The number of benzene rings is 2. The summed E-state index contributed by atoms with van der Waals surface area (Å²) in [6, 6.07) is 13.8. The van der Waals surface area contributed by atoms with Gasteiger partial charge in [-0.2, -0.15) is 0 Å². The highest BCUT2D eigenvalue weighted by atomic mass is 16.2. The number of carbonyl (C=O) groups is 2. The van der Waals surface area contributed by atoms with E-state index in [1.165, 1.54) is 6.92 Å². The van der Waals surface area contributed by atoms with Gasteiger partial charge in [0.2, 0.25) is 11.8 Å². The van der Waals surface area contributed by atoms with E-state index >= 15 is 0 Å². The van der Waals surface area contributed by atoms with E-state index < -0.39 is 0 Å². The summed E-state index contributed by atoms with van der Waals surface area (Å²) in [4.78, 5) is 26.7. The zero-order valence-electron chi connectivity index (χ0n) is 17.2. The van der Waals surface area contributed by atoms with E-state index in [9.17, 15) is 9.59 Å². The lowest BCUT2D eigenvalue weighted by Gasteiger charge is -2.26. The Morgan fingerprint density at radius 2 is 1.70 bits per heavy atom. The summed E-state index contributed by atoms with van der Waals surface area (Å²) in [5.74, 6) is -0.342. The quantitative estimate of drug-likeness (QED) is 0.822. The monoisotopic (exact) mass is 366 g/mol. The standard InChI is InChI=1S/C23H30N2O2/c1-7-18-12-10-11-16(2)22(18)25(17(3)26)15-21(27)24-20-14-9-8-13-19(20)23(4,5)6/h8-14H,7,15H2,1-6H3,(H,24,27). The largest absolute Gasteiger partial charge is 0.324 e. The molecule has 0 fully saturated rings. The number of hydrogen-bond donors (Lipinski definition) is 1. The van der Waals surface area contributed by atoms with E-state index in [0.717, 1.165) is 34.5 Å². The van der Waals surface area contributed by atoms with Gasteiger partial charge in [-0.3, -0.25) is 9.59 Å². The summed E-state index contributed by atoms with van der Waals surface area (Å²) < 4.78 is 0. The van der Waals surface area contributed by atoms with Crippen molar-refractivity contribution in [2.45, 2.75) is 53.4 Å². The van der Waals surface area contributed by atoms with E-state index in [1.807, 2.05) is 49.4 Å². The Balaban J connectivity index is 2.30. The van der Waals surface area contributed by atoms with Crippen LogP contribution in [0.5, 0.6) is 0 Å². The Labute approximate surface area is 162 Å². The van der Waals surface area contributed by atoms with Gasteiger partial charge in [0.05, 0.1) is 5.69 Å². The highest BCUT2D eigenvalue weighted by molar-refractivity contribution is 6.03. The van der Waals surface area contributed by atoms with Crippen molar-refractivity contribution in [2.75, 3.05) is 16.8 Å². The number of rotatable bonds is 5. The molecule has 4 heteroatoms. The number of para-hydroxylation sites is 2. The summed E-state index contributed by atoms with van der Waals surface area (Å²) in [7, 11) is 0. The lowest BCUT2D eigenvalue weighted by atomic mass is 9.86. The number of hydrogen-bond acceptors (Lipinski definition) is 2. The molecule has 144 valence electrons. The summed E-state index contributed by atoms with van der Waals surface area (Å²) >= 11 is 0. The van der Waals surface area contributed by atoms with Crippen LogP contribution in [0.4, 0.5) is 11.4 Å². The number of nitrogens with one attached hydrogen (secondary N) is 1. The first kappa shape index (κ1) is 20.7. The Hall–Kier alpha value is -2.62. The molecule has 0 bridgehead atoms. The molecule has 0 aliphatic rings. The molecule has 0 aromatic heterocycles. The second kappa shape index (κ2) is 8.38. The Morgan fingerprint density at radius 3 is 2.30 bits per heavy atom. The molecule has 0 spiro atoms. The molecule has 2 aromatic rings. The van der Waals surface area contributed by atoms with Gasteiger partial charge in [-0.15, -0.1) is 0 Å². The molecule has 0 heterocycles. The maximum atomic E-state index is 12.8. The van der Waals surface area contributed by atoms with Crippen LogP contribution in [-0.4, -0.2) is 18.4 Å². The van der Waals surface area contributed by atoms with Crippen LogP contribution in [-0.2, 0) is 21.4 Å². The van der Waals surface area contributed by atoms with Gasteiger partial charge >= 0.3 is 0 Å². The van der Waals surface area contributed by atoms with Crippen LogP contribution in [0.1, 0.15) is 51.3 Å². The molecule has 0 saturated carbocycles. The first-order valence-corrected chi connectivity index (χ1v) is 9.41. The minimum atomic E-state index is -0.202. The first-order chi connectivity index (χ1) is 12.6.